The molecule has 0 aliphatic heterocycles. The Hall–Kier alpha value is -3.78. The molecular formula is C24H23N3O4. The lowest BCUT2D eigenvalue weighted by Crippen LogP contribution is -2.10. The van der Waals surface area contributed by atoms with Gasteiger partial charge in [0.25, 0.3) is 0 Å². The topological polar surface area (TPSA) is 85.6 Å². The molecule has 1 heterocycles. The highest BCUT2D eigenvalue weighted by Crippen LogP contribution is 2.41. The highest BCUT2D eigenvalue weighted by Gasteiger charge is 2.19. The Kier molecular flexibility index (Phi) is 7.67. The lowest BCUT2D eigenvalue weighted by atomic mass is 10.1. The molecule has 2 aromatic carbocycles. The Bertz CT molecular complexity index is 1130. The summed E-state index contributed by atoms with van der Waals surface area (Å²) in [6.07, 6.45) is 7.06. The molecule has 0 saturated carbocycles. The van der Waals surface area contributed by atoms with E-state index in [2.05, 4.69) is 22.3 Å². The molecule has 1 aromatic heterocycles. The zero-order chi connectivity index (χ0) is 22.1. The van der Waals surface area contributed by atoms with Crippen LogP contribution in [-0.4, -0.2) is 45.6 Å². The van der Waals surface area contributed by atoms with Crippen LogP contribution in [0.2, 0.25) is 0 Å². The number of hydrogen-bond donors (Lipinski definition) is 1. The fourth-order valence-electron chi connectivity index (χ4n) is 3.00. The summed E-state index contributed by atoms with van der Waals surface area (Å²) in [5, 5.41) is 13.7. The fourth-order valence-corrected chi connectivity index (χ4v) is 3.00. The number of benzene rings is 2. The zero-order valence-electron chi connectivity index (χ0n) is 17.5. The maximum absolute atomic E-state index is 9.73. The standard InChI is InChI=1S/C24H23N3O4/c1-4-17-6-5-7-19(14-17)27-23-18(15-25)16-26-20-8-9-21(30-12-10-28-2)24(22(20)23)31-13-11-29-3/h1,5-9,14,16H,10-13H2,2-3H3,(H,26,27). The van der Waals surface area contributed by atoms with E-state index in [9.17, 15) is 5.26 Å². The minimum Gasteiger partial charge on any atom is -0.487 e. The van der Waals surface area contributed by atoms with Crippen LogP contribution in [0.1, 0.15) is 11.1 Å². The van der Waals surface area contributed by atoms with Gasteiger partial charge in [-0.2, -0.15) is 5.26 Å². The van der Waals surface area contributed by atoms with Crippen LogP contribution in [-0.2, 0) is 9.47 Å². The second-order valence-corrected chi connectivity index (χ2v) is 6.48. The molecule has 3 aromatic rings. The maximum atomic E-state index is 9.73. The van der Waals surface area contributed by atoms with Gasteiger partial charge in [-0.1, -0.05) is 12.0 Å². The van der Waals surface area contributed by atoms with Gasteiger partial charge in [0.2, 0.25) is 0 Å². The SMILES string of the molecule is C#Cc1cccc(Nc2c(C#N)cnc3ccc(OCCOC)c(OCCOC)c23)c1. The molecule has 0 atom stereocenters. The smallest absolute Gasteiger partial charge is 0.172 e. The Balaban J connectivity index is 2.16. The predicted octanol–water partition coefficient (Wildman–Crippen LogP) is 3.88. The predicted molar refractivity (Wildman–Crippen MR) is 119 cm³/mol. The summed E-state index contributed by atoms with van der Waals surface area (Å²) in [5.41, 5.74) is 3.05. The molecule has 0 saturated heterocycles. The molecule has 0 fully saturated rings. The normalized spacial score (nSPS) is 10.3. The van der Waals surface area contributed by atoms with Crippen LogP contribution in [0.4, 0.5) is 11.4 Å². The van der Waals surface area contributed by atoms with E-state index in [4.69, 9.17) is 25.4 Å². The highest BCUT2D eigenvalue weighted by molar-refractivity contribution is 6.01. The summed E-state index contributed by atoms with van der Waals surface area (Å²) in [4.78, 5) is 4.43. The molecule has 31 heavy (non-hydrogen) atoms. The van der Waals surface area contributed by atoms with E-state index < -0.39 is 0 Å². The molecule has 0 spiro atoms. The molecule has 1 N–H and O–H groups in total. The van der Waals surface area contributed by atoms with Crippen molar-refractivity contribution in [3.05, 3.63) is 53.7 Å². The Morgan fingerprint density at radius 2 is 1.81 bits per heavy atom. The first kappa shape index (κ1) is 21.9. The first-order valence-electron chi connectivity index (χ1n) is 9.64. The number of nitrogens with one attached hydrogen (secondary N) is 1. The van der Waals surface area contributed by atoms with E-state index in [0.29, 0.717) is 60.1 Å². The van der Waals surface area contributed by atoms with Crippen LogP contribution < -0.4 is 14.8 Å². The van der Waals surface area contributed by atoms with Crippen LogP contribution in [0.3, 0.4) is 0 Å². The molecule has 0 bridgehead atoms. The average Bonchev–Trinajstić information content (AvgIpc) is 2.80. The molecule has 0 aliphatic carbocycles. The van der Waals surface area contributed by atoms with E-state index in [1.165, 1.54) is 6.20 Å². The second kappa shape index (κ2) is 10.8. The number of anilines is 2. The molecule has 7 heteroatoms. The lowest BCUT2D eigenvalue weighted by molar-refractivity contribution is 0.133. The first-order chi connectivity index (χ1) is 15.2. The van der Waals surface area contributed by atoms with Gasteiger partial charge in [-0.25, -0.2) is 0 Å². The number of fused-ring (bicyclic) bond motifs is 1. The number of methoxy groups -OCH3 is 2. The van der Waals surface area contributed by atoms with Crippen molar-refractivity contribution in [1.82, 2.24) is 4.98 Å². The molecule has 3 rings (SSSR count). The number of nitriles is 1. The fraction of sp³-hybridized carbons (Fsp3) is 0.250. The highest BCUT2D eigenvalue weighted by atomic mass is 16.5. The number of terminal acetylenes is 1. The summed E-state index contributed by atoms with van der Waals surface area (Å²) in [5.74, 6) is 3.62. The lowest BCUT2D eigenvalue weighted by Gasteiger charge is -2.18. The number of hydrogen-bond acceptors (Lipinski definition) is 7. The minimum absolute atomic E-state index is 0.305. The van der Waals surface area contributed by atoms with Crippen LogP contribution in [0.25, 0.3) is 10.9 Å². The Morgan fingerprint density at radius 3 is 2.52 bits per heavy atom. The minimum atomic E-state index is 0.305. The third-order valence-electron chi connectivity index (χ3n) is 4.45. The quantitative estimate of drug-likeness (QED) is 0.396. The van der Waals surface area contributed by atoms with Gasteiger partial charge in [-0.05, 0) is 30.3 Å². The Morgan fingerprint density at radius 1 is 1.03 bits per heavy atom. The van der Waals surface area contributed by atoms with Crippen molar-refractivity contribution in [3.8, 4) is 29.9 Å². The van der Waals surface area contributed by atoms with Crippen molar-refractivity contribution >= 4 is 22.3 Å². The van der Waals surface area contributed by atoms with Crippen molar-refractivity contribution in [3.63, 3.8) is 0 Å². The summed E-state index contributed by atoms with van der Waals surface area (Å²) in [7, 11) is 3.21. The van der Waals surface area contributed by atoms with Crippen LogP contribution in [0, 0.1) is 23.7 Å². The summed E-state index contributed by atoms with van der Waals surface area (Å²) < 4.78 is 22.1. The third kappa shape index (κ3) is 5.23. The van der Waals surface area contributed by atoms with Gasteiger partial charge >= 0.3 is 0 Å². The van der Waals surface area contributed by atoms with E-state index in [-0.39, 0.29) is 0 Å². The van der Waals surface area contributed by atoms with E-state index in [0.717, 1.165) is 11.3 Å². The largest absolute Gasteiger partial charge is 0.487 e. The van der Waals surface area contributed by atoms with Gasteiger partial charge in [-0.3, -0.25) is 4.98 Å². The average molecular weight is 417 g/mol. The number of aromatic nitrogens is 1. The van der Waals surface area contributed by atoms with Gasteiger partial charge in [0.05, 0.1) is 35.4 Å². The van der Waals surface area contributed by atoms with Gasteiger partial charge in [0.1, 0.15) is 19.3 Å². The van der Waals surface area contributed by atoms with Gasteiger partial charge in [0.15, 0.2) is 11.5 Å². The van der Waals surface area contributed by atoms with Crippen molar-refractivity contribution < 1.29 is 18.9 Å². The maximum Gasteiger partial charge on any atom is 0.172 e. The van der Waals surface area contributed by atoms with Crippen LogP contribution in [0.15, 0.2) is 42.6 Å². The number of nitrogens with zero attached hydrogens (tertiary/aromatic N) is 2. The summed E-state index contributed by atoms with van der Waals surface area (Å²) >= 11 is 0. The monoisotopic (exact) mass is 417 g/mol. The molecule has 7 nitrogen and oxygen atoms in total. The molecule has 0 aliphatic rings. The first-order valence-corrected chi connectivity index (χ1v) is 9.64. The number of pyridine rings is 1. The van der Waals surface area contributed by atoms with E-state index in [1.807, 2.05) is 30.3 Å². The summed E-state index contributed by atoms with van der Waals surface area (Å²) in [6.45, 7) is 1.47. The van der Waals surface area contributed by atoms with E-state index >= 15 is 0 Å². The second-order valence-electron chi connectivity index (χ2n) is 6.48. The van der Waals surface area contributed by atoms with Gasteiger partial charge < -0.3 is 24.3 Å². The molecule has 0 radical (unpaired) electrons. The van der Waals surface area contributed by atoms with E-state index in [1.54, 1.807) is 20.3 Å². The van der Waals surface area contributed by atoms with Crippen molar-refractivity contribution in [2.24, 2.45) is 0 Å². The van der Waals surface area contributed by atoms with Gasteiger partial charge in [-0.15, -0.1) is 6.42 Å². The van der Waals surface area contributed by atoms with Crippen molar-refractivity contribution in [1.29, 1.82) is 5.26 Å². The molecule has 0 amide bonds. The third-order valence-corrected chi connectivity index (χ3v) is 4.45. The van der Waals surface area contributed by atoms with Crippen LogP contribution in [0.5, 0.6) is 11.5 Å². The van der Waals surface area contributed by atoms with Crippen molar-refractivity contribution in [2.75, 3.05) is 46.0 Å². The molecule has 0 unspecified atom stereocenters. The zero-order valence-corrected chi connectivity index (χ0v) is 17.5. The van der Waals surface area contributed by atoms with Gasteiger partial charge in [0, 0.05) is 31.7 Å². The summed E-state index contributed by atoms with van der Waals surface area (Å²) in [6, 6.07) is 13.2. The Labute approximate surface area is 181 Å². The van der Waals surface area contributed by atoms with Crippen molar-refractivity contribution in [2.45, 2.75) is 0 Å². The molecular weight excluding hydrogens is 394 g/mol. The number of ether oxygens (including phenoxy) is 4. The molecule has 158 valence electrons. The number of rotatable bonds is 10. The van der Waals surface area contributed by atoms with Crippen LogP contribution >= 0.6 is 0 Å².